The molecule has 1 aromatic heterocycles. The van der Waals surface area contributed by atoms with E-state index in [2.05, 4.69) is 17.2 Å². The maximum atomic E-state index is 11.8. The van der Waals surface area contributed by atoms with E-state index in [1.54, 1.807) is 7.05 Å². The van der Waals surface area contributed by atoms with Gasteiger partial charge in [-0.1, -0.05) is 19.8 Å². The molecule has 1 aromatic rings. The third-order valence-corrected chi connectivity index (χ3v) is 4.42. The van der Waals surface area contributed by atoms with E-state index in [4.69, 9.17) is 5.73 Å². The third kappa shape index (κ3) is 2.52. The van der Waals surface area contributed by atoms with Crippen LogP contribution in [0.25, 0.3) is 0 Å². The van der Waals surface area contributed by atoms with Crippen LogP contribution in [0.15, 0.2) is 9.59 Å². The zero-order valence-corrected chi connectivity index (χ0v) is 11.6. The molecule has 0 aromatic carbocycles. The van der Waals surface area contributed by atoms with Crippen LogP contribution in [0.1, 0.15) is 39.0 Å². The Morgan fingerprint density at radius 2 is 2.00 bits per heavy atom. The average molecular weight is 266 g/mol. The minimum atomic E-state index is -0.487. The number of nitrogen functional groups attached to an aromatic ring is 1. The van der Waals surface area contributed by atoms with E-state index < -0.39 is 11.2 Å². The standard InChI is InChI=1S/C13H22N4O2/c1-3-13(6-4-5-7-13)8-15-9-10(14)17(2)12(19)16-11(9)18/h15H,3-8,14H2,1-2H3,(H,16,18,19). The molecule has 1 fully saturated rings. The summed E-state index contributed by atoms with van der Waals surface area (Å²) >= 11 is 0. The summed E-state index contributed by atoms with van der Waals surface area (Å²) in [5.41, 5.74) is 5.47. The number of nitrogens with zero attached hydrogens (tertiary/aromatic N) is 1. The Bertz CT molecular complexity index is 567. The fraction of sp³-hybridized carbons (Fsp3) is 0.692. The van der Waals surface area contributed by atoms with Crippen molar-refractivity contribution in [3.63, 3.8) is 0 Å². The molecule has 1 saturated carbocycles. The maximum absolute atomic E-state index is 11.8. The second-order valence-corrected chi connectivity index (χ2v) is 5.49. The summed E-state index contributed by atoms with van der Waals surface area (Å²) in [4.78, 5) is 25.5. The van der Waals surface area contributed by atoms with Gasteiger partial charge >= 0.3 is 5.69 Å². The minimum Gasteiger partial charge on any atom is -0.383 e. The lowest BCUT2D eigenvalue weighted by atomic mass is 9.83. The topological polar surface area (TPSA) is 92.9 Å². The van der Waals surface area contributed by atoms with E-state index >= 15 is 0 Å². The van der Waals surface area contributed by atoms with Gasteiger partial charge in [0.25, 0.3) is 5.56 Å². The number of aromatic nitrogens is 2. The van der Waals surface area contributed by atoms with Gasteiger partial charge in [0, 0.05) is 13.6 Å². The fourth-order valence-corrected chi connectivity index (χ4v) is 2.86. The van der Waals surface area contributed by atoms with Crippen LogP contribution in [0.4, 0.5) is 11.5 Å². The second-order valence-electron chi connectivity index (χ2n) is 5.49. The molecule has 2 rings (SSSR count). The molecule has 1 aliphatic carbocycles. The van der Waals surface area contributed by atoms with E-state index in [9.17, 15) is 9.59 Å². The molecule has 19 heavy (non-hydrogen) atoms. The number of hydrogen-bond donors (Lipinski definition) is 3. The summed E-state index contributed by atoms with van der Waals surface area (Å²) in [6, 6.07) is 0. The van der Waals surface area contributed by atoms with Crippen molar-refractivity contribution in [2.24, 2.45) is 12.5 Å². The number of aromatic amines is 1. The van der Waals surface area contributed by atoms with Crippen LogP contribution < -0.4 is 22.3 Å². The molecule has 6 nitrogen and oxygen atoms in total. The average Bonchev–Trinajstić information content (AvgIpc) is 2.85. The Labute approximate surface area is 112 Å². The second kappa shape index (κ2) is 5.11. The van der Waals surface area contributed by atoms with E-state index in [0.717, 1.165) is 13.0 Å². The quantitative estimate of drug-likeness (QED) is 0.759. The van der Waals surface area contributed by atoms with Crippen LogP contribution in [0, 0.1) is 5.41 Å². The lowest BCUT2D eigenvalue weighted by molar-refractivity contribution is 0.306. The first-order chi connectivity index (χ1) is 8.99. The lowest BCUT2D eigenvalue weighted by Crippen LogP contribution is -2.35. The number of hydrogen-bond acceptors (Lipinski definition) is 4. The van der Waals surface area contributed by atoms with E-state index in [1.807, 2.05) is 0 Å². The summed E-state index contributed by atoms with van der Waals surface area (Å²) in [6.07, 6.45) is 5.94. The van der Waals surface area contributed by atoms with Gasteiger partial charge in [-0.05, 0) is 24.7 Å². The van der Waals surface area contributed by atoms with Gasteiger partial charge in [-0.25, -0.2) is 4.79 Å². The van der Waals surface area contributed by atoms with Gasteiger partial charge in [-0.2, -0.15) is 0 Å². The number of anilines is 2. The molecule has 0 radical (unpaired) electrons. The van der Waals surface area contributed by atoms with Gasteiger partial charge in [0.05, 0.1) is 0 Å². The Morgan fingerprint density at radius 3 is 2.58 bits per heavy atom. The molecule has 4 N–H and O–H groups in total. The lowest BCUT2D eigenvalue weighted by Gasteiger charge is -2.28. The molecule has 0 amide bonds. The van der Waals surface area contributed by atoms with Crippen LogP contribution in [0.3, 0.4) is 0 Å². The largest absolute Gasteiger partial charge is 0.383 e. The number of rotatable bonds is 4. The van der Waals surface area contributed by atoms with Crippen molar-refractivity contribution in [1.82, 2.24) is 9.55 Å². The molecule has 6 heteroatoms. The van der Waals surface area contributed by atoms with Crippen LogP contribution >= 0.6 is 0 Å². The molecule has 0 unspecified atom stereocenters. The molecule has 0 aliphatic heterocycles. The minimum absolute atomic E-state index is 0.193. The highest BCUT2D eigenvalue weighted by Crippen LogP contribution is 2.40. The summed E-state index contributed by atoms with van der Waals surface area (Å²) in [5, 5.41) is 3.15. The molecular formula is C13H22N4O2. The summed E-state index contributed by atoms with van der Waals surface area (Å²) < 4.78 is 1.25. The van der Waals surface area contributed by atoms with Crippen molar-refractivity contribution in [3.05, 3.63) is 20.8 Å². The third-order valence-electron chi connectivity index (χ3n) is 4.42. The van der Waals surface area contributed by atoms with Crippen LogP contribution in [0.5, 0.6) is 0 Å². The Hall–Kier alpha value is -1.72. The van der Waals surface area contributed by atoms with Crippen molar-refractivity contribution >= 4 is 11.5 Å². The molecular weight excluding hydrogens is 244 g/mol. The number of nitrogens with one attached hydrogen (secondary N) is 2. The van der Waals surface area contributed by atoms with E-state index in [1.165, 1.54) is 30.3 Å². The number of H-pyrrole nitrogens is 1. The SMILES string of the molecule is CCC1(CNc2c(N)n(C)c(=O)[nH]c2=O)CCCC1. The van der Waals surface area contributed by atoms with E-state index in [-0.39, 0.29) is 11.2 Å². The molecule has 106 valence electrons. The first kappa shape index (κ1) is 13.7. The fourth-order valence-electron chi connectivity index (χ4n) is 2.86. The van der Waals surface area contributed by atoms with Crippen molar-refractivity contribution in [2.45, 2.75) is 39.0 Å². The van der Waals surface area contributed by atoms with Crippen LogP contribution in [0.2, 0.25) is 0 Å². The van der Waals surface area contributed by atoms with Crippen molar-refractivity contribution in [2.75, 3.05) is 17.6 Å². The zero-order valence-electron chi connectivity index (χ0n) is 11.6. The molecule has 1 aliphatic rings. The van der Waals surface area contributed by atoms with Gasteiger partial charge < -0.3 is 11.1 Å². The van der Waals surface area contributed by atoms with E-state index in [0.29, 0.717) is 5.69 Å². The molecule has 1 heterocycles. The molecule has 0 atom stereocenters. The first-order valence-corrected chi connectivity index (χ1v) is 6.82. The van der Waals surface area contributed by atoms with Crippen LogP contribution in [-0.4, -0.2) is 16.1 Å². The van der Waals surface area contributed by atoms with Crippen molar-refractivity contribution < 1.29 is 0 Å². The molecule has 0 spiro atoms. The normalized spacial score (nSPS) is 17.6. The van der Waals surface area contributed by atoms with Crippen LogP contribution in [-0.2, 0) is 7.05 Å². The summed E-state index contributed by atoms with van der Waals surface area (Å²) in [5.74, 6) is 0.193. The Kier molecular flexibility index (Phi) is 3.68. The van der Waals surface area contributed by atoms with Gasteiger partial charge in [0.15, 0.2) is 0 Å². The van der Waals surface area contributed by atoms with Crippen molar-refractivity contribution in [1.29, 1.82) is 0 Å². The monoisotopic (exact) mass is 266 g/mol. The molecule has 0 bridgehead atoms. The smallest absolute Gasteiger partial charge is 0.329 e. The van der Waals surface area contributed by atoms with Gasteiger partial charge in [-0.15, -0.1) is 0 Å². The predicted octanol–water partition coefficient (Wildman–Crippen LogP) is 1.04. The Balaban J connectivity index is 2.23. The maximum Gasteiger partial charge on any atom is 0.329 e. The highest BCUT2D eigenvalue weighted by Gasteiger charge is 2.32. The molecule has 0 saturated heterocycles. The van der Waals surface area contributed by atoms with Gasteiger partial charge in [-0.3, -0.25) is 14.3 Å². The van der Waals surface area contributed by atoms with Crippen molar-refractivity contribution in [3.8, 4) is 0 Å². The predicted molar refractivity (Wildman–Crippen MR) is 76.4 cm³/mol. The Morgan fingerprint density at radius 1 is 1.37 bits per heavy atom. The summed E-state index contributed by atoms with van der Waals surface area (Å²) in [6.45, 7) is 2.91. The van der Waals surface area contributed by atoms with Gasteiger partial charge in [0.2, 0.25) is 0 Å². The number of nitrogens with two attached hydrogens (primary N) is 1. The first-order valence-electron chi connectivity index (χ1n) is 6.82. The zero-order chi connectivity index (χ0) is 14.0. The van der Waals surface area contributed by atoms with Gasteiger partial charge in [0.1, 0.15) is 11.5 Å². The highest BCUT2D eigenvalue weighted by molar-refractivity contribution is 5.60. The summed E-state index contributed by atoms with van der Waals surface area (Å²) in [7, 11) is 1.55. The highest BCUT2D eigenvalue weighted by atomic mass is 16.2.